The minimum atomic E-state index is 0.303. The topological polar surface area (TPSA) is 49.5 Å². The average molecular weight is 270 g/mol. The molecular formula is C17H22N2O. The summed E-state index contributed by atoms with van der Waals surface area (Å²) in [6.45, 7) is 5.74. The Hall–Kier alpha value is -2.00. The highest BCUT2D eigenvalue weighted by atomic mass is 16.3. The number of benzene rings is 2. The van der Waals surface area contributed by atoms with Gasteiger partial charge in [-0.05, 0) is 49.2 Å². The van der Waals surface area contributed by atoms with Gasteiger partial charge in [0.25, 0.3) is 0 Å². The second-order valence-electron chi connectivity index (χ2n) is 5.26. The number of hydrogen-bond donors (Lipinski definition) is 2. The van der Waals surface area contributed by atoms with Crippen LogP contribution in [-0.2, 0) is 13.1 Å². The van der Waals surface area contributed by atoms with Crippen molar-refractivity contribution in [2.24, 2.45) is 5.73 Å². The molecule has 0 unspecified atom stereocenters. The first-order valence-corrected chi connectivity index (χ1v) is 6.93. The maximum Gasteiger partial charge on any atom is 0.115 e. The molecule has 0 aliphatic heterocycles. The van der Waals surface area contributed by atoms with E-state index in [0.717, 1.165) is 12.1 Å². The molecule has 2 aromatic rings. The Bertz CT molecular complexity index is 532. The molecule has 3 nitrogen and oxygen atoms in total. The van der Waals surface area contributed by atoms with Crippen LogP contribution in [0.1, 0.15) is 25.0 Å². The monoisotopic (exact) mass is 270 g/mol. The van der Waals surface area contributed by atoms with Crippen LogP contribution in [-0.4, -0.2) is 11.1 Å². The molecule has 0 heterocycles. The van der Waals surface area contributed by atoms with Crippen molar-refractivity contribution in [3.8, 4) is 5.75 Å². The van der Waals surface area contributed by atoms with Crippen molar-refractivity contribution in [1.29, 1.82) is 0 Å². The normalized spacial score (nSPS) is 10.8. The molecule has 0 saturated carbocycles. The van der Waals surface area contributed by atoms with Crippen molar-refractivity contribution in [3.63, 3.8) is 0 Å². The minimum Gasteiger partial charge on any atom is -0.508 e. The van der Waals surface area contributed by atoms with Gasteiger partial charge in [0.2, 0.25) is 0 Å². The van der Waals surface area contributed by atoms with E-state index in [1.807, 2.05) is 12.1 Å². The Balaban J connectivity index is 2.19. The number of phenols is 1. The van der Waals surface area contributed by atoms with Crippen molar-refractivity contribution < 1.29 is 5.11 Å². The lowest BCUT2D eigenvalue weighted by molar-refractivity contribution is 0.475. The molecule has 0 aliphatic rings. The first kappa shape index (κ1) is 14.4. The van der Waals surface area contributed by atoms with E-state index in [0.29, 0.717) is 18.3 Å². The summed E-state index contributed by atoms with van der Waals surface area (Å²) in [6.07, 6.45) is 0. The molecule has 0 fully saturated rings. The quantitative estimate of drug-likeness (QED) is 0.876. The predicted molar refractivity (Wildman–Crippen MR) is 83.8 cm³/mol. The molecule has 0 amide bonds. The third kappa shape index (κ3) is 3.52. The highest BCUT2D eigenvalue weighted by Gasteiger charge is 2.11. The van der Waals surface area contributed by atoms with Gasteiger partial charge in [0.05, 0.1) is 0 Å². The molecule has 0 atom stereocenters. The van der Waals surface area contributed by atoms with E-state index in [9.17, 15) is 5.11 Å². The number of aromatic hydroxyl groups is 1. The van der Waals surface area contributed by atoms with Gasteiger partial charge in [0.15, 0.2) is 0 Å². The number of phenolic OH excluding ortho intramolecular Hbond substituents is 1. The van der Waals surface area contributed by atoms with Crippen molar-refractivity contribution in [3.05, 3.63) is 59.7 Å². The van der Waals surface area contributed by atoms with E-state index in [2.05, 4.69) is 43.0 Å². The van der Waals surface area contributed by atoms with Gasteiger partial charge in [0, 0.05) is 24.8 Å². The van der Waals surface area contributed by atoms with Crippen molar-refractivity contribution in [2.45, 2.75) is 33.0 Å². The summed E-state index contributed by atoms with van der Waals surface area (Å²) >= 11 is 0. The fourth-order valence-corrected chi connectivity index (χ4v) is 2.19. The van der Waals surface area contributed by atoms with Crippen LogP contribution in [0.25, 0.3) is 0 Å². The Kier molecular flexibility index (Phi) is 4.64. The van der Waals surface area contributed by atoms with Crippen molar-refractivity contribution >= 4 is 5.69 Å². The van der Waals surface area contributed by atoms with Crippen LogP contribution in [0.4, 0.5) is 5.69 Å². The summed E-state index contributed by atoms with van der Waals surface area (Å²) in [5, 5.41) is 9.35. The zero-order valence-electron chi connectivity index (χ0n) is 12.1. The SMILES string of the molecule is CC(C)N(Cc1ccc(O)cc1)c1ccc(CN)cc1. The lowest BCUT2D eigenvalue weighted by Gasteiger charge is -2.29. The van der Waals surface area contributed by atoms with Gasteiger partial charge in [-0.3, -0.25) is 0 Å². The third-order valence-corrected chi connectivity index (χ3v) is 3.42. The summed E-state index contributed by atoms with van der Waals surface area (Å²) in [5.74, 6) is 0.303. The fraction of sp³-hybridized carbons (Fsp3) is 0.294. The van der Waals surface area contributed by atoms with Crippen LogP contribution in [0.15, 0.2) is 48.5 Å². The lowest BCUT2D eigenvalue weighted by Crippen LogP contribution is -2.30. The van der Waals surface area contributed by atoms with Crippen molar-refractivity contribution in [1.82, 2.24) is 0 Å². The standard InChI is InChI=1S/C17H22N2O/c1-13(2)19(12-15-5-9-17(20)10-6-15)16-7-3-14(11-18)4-8-16/h3-10,13,20H,11-12,18H2,1-2H3. The summed E-state index contributed by atoms with van der Waals surface area (Å²) in [4.78, 5) is 2.33. The Labute approximate surface area is 120 Å². The lowest BCUT2D eigenvalue weighted by atomic mass is 10.1. The summed E-state index contributed by atoms with van der Waals surface area (Å²) in [5.41, 5.74) is 9.14. The molecule has 0 spiro atoms. The van der Waals surface area contributed by atoms with E-state index in [4.69, 9.17) is 5.73 Å². The molecule has 2 aromatic carbocycles. The maximum absolute atomic E-state index is 9.35. The zero-order valence-corrected chi connectivity index (χ0v) is 12.1. The number of hydrogen-bond acceptors (Lipinski definition) is 3. The fourth-order valence-electron chi connectivity index (χ4n) is 2.19. The summed E-state index contributed by atoms with van der Waals surface area (Å²) in [7, 11) is 0. The second-order valence-corrected chi connectivity index (χ2v) is 5.26. The third-order valence-electron chi connectivity index (χ3n) is 3.42. The van der Waals surface area contributed by atoms with Gasteiger partial charge < -0.3 is 15.7 Å². The smallest absolute Gasteiger partial charge is 0.115 e. The van der Waals surface area contributed by atoms with Crippen LogP contribution in [0.2, 0.25) is 0 Å². The Morgan fingerprint density at radius 2 is 1.50 bits per heavy atom. The first-order chi connectivity index (χ1) is 9.60. The highest BCUT2D eigenvalue weighted by Crippen LogP contribution is 2.21. The van der Waals surface area contributed by atoms with Gasteiger partial charge in [-0.25, -0.2) is 0 Å². The molecule has 106 valence electrons. The summed E-state index contributed by atoms with van der Waals surface area (Å²) in [6, 6.07) is 16.1. The van der Waals surface area contributed by atoms with E-state index in [1.165, 1.54) is 11.3 Å². The number of anilines is 1. The van der Waals surface area contributed by atoms with E-state index < -0.39 is 0 Å². The van der Waals surface area contributed by atoms with Gasteiger partial charge in [-0.15, -0.1) is 0 Å². The molecule has 3 N–H and O–H groups in total. The molecule has 2 rings (SSSR count). The Morgan fingerprint density at radius 3 is 2.00 bits per heavy atom. The molecule has 0 saturated heterocycles. The largest absolute Gasteiger partial charge is 0.508 e. The molecule has 3 heteroatoms. The van der Waals surface area contributed by atoms with Crippen LogP contribution in [0.3, 0.4) is 0 Å². The van der Waals surface area contributed by atoms with Crippen LogP contribution < -0.4 is 10.6 Å². The number of rotatable bonds is 5. The van der Waals surface area contributed by atoms with Gasteiger partial charge in [-0.1, -0.05) is 24.3 Å². The molecule has 0 aliphatic carbocycles. The molecular weight excluding hydrogens is 248 g/mol. The predicted octanol–water partition coefficient (Wildman–Crippen LogP) is 3.27. The average Bonchev–Trinajstić information content (AvgIpc) is 2.46. The Morgan fingerprint density at radius 1 is 0.950 bits per heavy atom. The van der Waals surface area contributed by atoms with Gasteiger partial charge >= 0.3 is 0 Å². The van der Waals surface area contributed by atoms with Gasteiger partial charge in [-0.2, -0.15) is 0 Å². The second kappa shape index (κ2) is 6.44. The minimum absolute atomic E-state index is 0.303. The van der Waals surface area contributed by atoms with E-state index >= 15 is 0 Å². The number of nitrogens with zero attached hydrogens (tertiary/aromatic N) is 1. The first-order valence-electron chi connectivity index (χ1n) is 6.93. The van der Waals surface area contributed by atoms with E-state index in [-0.39, 0.29) is 0 Å². The molecule has 0 radical (unpaired) electrons. The van der Waals surface area contributed by atoms with Crippen molar-refractivity contribution in [2.75, 3.05) is 4.90 Å². The zero-order chi connectivity index (χ0) is 14.5. The molecule has 20 heavy (non-hydrogen) atoms. The molecule has 0 bridgehead atoms. The van der Waals surface area contributed by atoms with Crippen LogP contribution in [0, 0.1) is 0 Å². The summed E-state index contributed by atoms with van der Waals surface area (Å²) < 4.78 is 0. The van der Waals surface area contributed by atoms with E-state index in [1.54, 1.807) is 12.1 Å². The molecule has 0 aromatic heterocycles. The highest BCUT2D eigenvalue weighted by molar-refractivity contribution is 5.49. The van der Waals surface area contributed by atoms with Crippen LogP contribution in [0.5, 0.6) is 5.75 Å². The number of nitrogens with two attached hydrogens (primary N) is 1. The van der Waals surface area contributed by atoms with Gasteiger partial charge in [0.1, 0.15) is 5.75 Å². The van der Waals surface area contributed by atoms with Crippen LogP contribution >= 0.6 is 0 Å². The maximum atomic E-state index is 9.35.